The van der Waals surface area contributed by atoms with Gasteiger partial charge in [-0.1, -0.05) is 0 Å². The second kappa shape index (κ2) is 5.80. The van der Waals surface area contributed by atoms with Crippen molar-refractivity contribution in [3.05, 3.63) is 17.8 Å². The van der Waals surface area contributed by atoms with E-state index in [1.165, 1.54) is 0 Å². The fourth-order valence-electron chi connectivity index (χ4n) is 2.81. The molecule has 124 valence electrons. The van der Waals surface area contributed by atoms with Gasteiger partial charge in [-0.05, 0) is 30.9 Å². The first-order valence-electron chi connectivity index (χ1n) is 7.41. The summed E-state index contributed by atoms with van der Waals surface area (Å²) < 4.78 is 24.4. The van der Waals surface area contributed by atoms with Gasteiger partial charge in [0.2, 0.25) is 11.9 Å². The molecule has 1 unspecified atom stereocenters. The Labute approximate surface area is 134 Å². The molecule has 2 N–H and O–H groups in total. The first kappa shape index (κ1) is 15.7. The van der Waals surface area contributed by atoms with E-state index in [4.69, 9.17) is 0 Å². The highest BCUT2D eigenvalue weighted by molar-refractivity contribution is 7.91. The minimum Gasteiger partial charge on any atom is -0.387 e. The molecule has 0 aliphatic carbocycles. The zero-order valence-corrected chi connectivity index (χ0v) is 13.9. The lowest BCUT2D eigenvalue weighted by Gasteiger charge is -2.05. The van der Waals surface area contributed by atoms with E-state index in [0.29, 0.717) is 12.1 Å². The first-order chi connectivity index (χ1) is 10.9. The van der Waals surface area contributed by atoms with Crippen molar-refractivity contribution in [1.82, 2.24) is 14.6 Å². The first-order valence-corrected chi connectivity index (χ1v) is 9.23. The maximum Gasteiger partial charge on any atom is 0.249 e. The molecule has 8 nitrogen and oxygen atoms in total. The molecule has 9 heteroatoms. The minimum atomic E-state index is -2.97. The molecule has 1 amide bonds. The number of rotatable bonds is 4. The van der Waals surface area contributed by atoms with Crippen molar-refractivity contribution in [2.45, 2.75) is 19.8 Å². The fourth-order valence-corrected chi connectivity index (χ4v) is 4.67. The smallest absolute Gasteiger partial charge is 0.249 e. The van der Waals surface area contributed by atoms with Crippen molar-refractivity contribution in [1.29, 1.82) is 0 Å². The molecular weight excluding hydrogens is 318 g/mol. The Balaban J connectivity index is 1.70. The van der Waals surface area contributed by atoms with Gasteiger partial charge in [0.05, 0.1) is 23.4 Å². The zero-order chi connectivity index (χ0) is 16.6. The molecule has 1 saturated heterocycles. The summed E-state index contributed by atoms with van der Waals surface area (Å²) >= 11 is 0. The van der Waals surface area contributed by atoms with Gasteiger partial charge < -0.3 is 5.32 Å². The van der Waals surface area contributed by atoms with Crippen LogP contribution in [0.1, 0.15) is 18.4 Å². The number of carbonyl (C=O) groups excluding carboxylic acids is 1. The lowest BCUT2D eigenvalue weighted by molar-refractivity contribution is -0.116. The molecule has 1 aliphatic heterocycles. The van der Waals surface area contributed by atoms with Crippen molar-refractivity contribution in [2.24, 2.45) is 5.92 Å². The number of anilines is 2. The number of aryl methyl sites for hydroxylation is 1. The van der Waals surface area contributed by atoms with E-state index in [2.05, 4.69) is 20.7 Å². The Kier molecular flexibility index (Phi) is 3.97. The third-order valence-corrected chi connectivity index (χ3v) is 5.84. The van der Waals surface area contributed by atoms with Crippen LogP contribution in [0.4, 0.5) is 11.6 Å². The fraction of sp³-hybridized carbons (Fsp3) is 0.500. The molecule has 2 aromatic heterocycles. The molecule has 23 heavy (non-hydrogen) atoms. The molecule has 0 spiro atoms. The van der Waals surface area contributed by atoms with Gasteiger partial charge in [0.15, 0.2) is 15.5 Å². The molecule has 1 fully saturated rings. The molecule has 0 bridgehead atoms. The number of nitrogens with one attached hydrogen (secondary N) is 2. The van der Waals surface area contributed by atoms with Crippen molar-refractivity contribution in [2.75, 3.05) is 29.2 Å². The summed E-state index contributed by atoms with van der Waals surface area (Å²) in [5, 5.41) is 9.93. The number of amides is 1. The molecule has 0 radical (unpaired) electrons. The van der Waals surface area contributed by atoms with Crippen LogP contribution in [-0.4, -0.2) is 47.5 Å². The van der Waals surface area contributed by atoms with E-state index >= 15 is 0 Å². The second-order valence-electron chi connectivity index (χ2n) is 5.88. The molecular formula is C14H19N5O3S. The largest absolute Gasteiger partial charge is 0.387 e. The van der Waals surface area contributed by atoms with Gasteiger partial charge in [-0.2, -0.15) is 4.98 Å². The van der Waals surface area contributed by atoms with Crippen LogP contribution in [0, 0.1) is 12.8 Å². The SMILES string of the molecule is CNc1cn2nc(NC(=O)CC3CCS(=O)(=O)C3)nc2cc1C. The Morgan fingerprint density at radius 1 is 1.48 bits per heavy atom. The average Bonchev–Trinajstić information content (AvgIpc) is 2.99. The predicted octanol–water partition coefficient (Wildman–Crippen LogP) is 0.843. The van der Waals surface area contributed by atoms with Crippen molar-refractivity contribution >= 4 is 33.0 Å². The summed E-state index contributed by atoms with van der Waals surface area (Å²) in [6, 6.07) is 1.87. The molecule has 2 aromatic rings. The van der Waals surface area contributed by atoms with E-state index < -0.39 is 9.84 Å². The number of hydrogen-bond acceptors (Lipinski definition) is 6. The van der Waals surface area contributed by atoms with E-state index in [1.54, 1.807) is 10.7 Å². The Morgan fingerprint density at radius 3 is 2.91 bits per heavy atom. The van der Waals surface area contributed by atoms with Crippen molar-refractivity contribution < 1.29 is 13.2 Å². The summed E-state index contributed by atoms with van der Waals surface area (Å²) in [7, 11) is -1.15. The molecule has 1 atom stereocenters. The molecule has 0 aromatic carbocycles. The average molecular weight is 337 g/mol. The highest BCUT2D eigenvalue weighted by Gasteiger charge is 2.29. The van der Waals surface area contributed by atoms with Crippen LogP contribution in [0.5, 0.6) is 0 Å². The van der Waals surface area contributed by atoms with Crippen LogP contribution >= 0.6 is 0 Å². The number of fused-ring (bicyclic) bond motifs is 1. The number of aromatic nitrogens is 3. The van der Waals surface area contributed by atoms with Gasteiger partial charge in [0.1, 0.15) is 0 Å². The van der Waals surface area contributed by atoms with Gasteiger partial charge in [-0.25, -0.2) is 12.9 Å². The summed E-state index contributed by atoms with van der Waals surface area (Å²) in [5.41, 5.74) is 2.60. The van der Waals surface area contributed by atoms with Gasteiger partial charge in [0.25, 0.3) is 0 Å². The van der Waals surface area contributed by atoms with Crippen LogP contribution in [0.3, 0.4) is 0 Å². The third-order valence-electron chi connectivity index (χ3n) is 4.00. The van der Waals surface area contributed by atoms with Gasteiger partial charge in [-0.15, -0.1) is 5.10 Å². The van der Waals surface area contributed by atoms with Crippen LogP contribution < -0.4 is 10.6 Å². The van der Waals surface area contributed by atoms with E-state index in [1.807, 2.05) is 20.0 Å². The standard InChI is InChI=1S/C14H19N5O3S/c1-9-5-12-16-14(18-19(12)7-11(9)15-2)17-13(20)6-10-3-4-23(21,22)8-10/h5,7,10,15H,3-4,6,8H2,1-2H3,(H,17,18,20). The van der Waals surface area contributed by atoms with Crippen molar-refractivity contribution in [3.8, 4) is 0 Å². The van der Waals surface area contributed by atoms with Gasteiger partial charge in [-0.3, -0.25) is 10.1 Å². The maximum atomic E-state index is 12.0. The third kappa shape index (κ3) is 3.44. The molecule has 3 heterocycles. The number of sulfone groups is 1. The van der Waals surface area contributed by atoms with Gasteiger partial charge in [0, 0.05) is 13.5 Å². The number of carbonyl (C=O) groups is 1. The number of nitrogens with zero attached hydrogens (tertiary/aromatic N) is 3. The normalized spacial score (nSPS) is 19.8. The highest BCUT2D eigenvalue weighted by atomic mass is 32.2. The summed E-state index contributed by atoms with van der Waals surface area (Å²) in [6.07, 6.45) is 2.52. The van der Waals surface area contributed by atoms with Crippen LogP contribution in [-0.2, 0) is 14.6 Å². The molecule has 1 aliphatic rings. The van der Waals surface area contributed by atoms with E-state index in [9.17, 15) is 13.2 Å². The van der Waals surface area contributed by atoms with Crippen LogP contribution in [0.15, 0.2) is 12.3 Å². The molecule has 0 saturated carbocycles. The Morgan fingerprint density at radius 2 is 2.26 bits per heavy atom. The zero-order valence-electron chi connectivity index (χ0n) is 13.0. The predicted molar refractivity (Wildman–Crippen MR) is 87.3 cm³/mol. The lowest BCUT2D eigenvalue weighted by atomic mass is 10.1. The highest BCUT2D eigenvalue weighted by Crippen LogP contribution is 2.22. The Bertz CT molecular complexity index is 859. The van der Waals surface area contributed by atoms with Crippen LogP contribution in [0.25, 0.3) is 5.65 Å². The van der Waals surface area contributed by atoms with Gasteiger partial charge >= 0.3 is 0 Å². The lowest BCUT2D eigenvalue weighted by Crippen LogP contribution is -2.18. The number of pyridine rings is 1. The maximum absolute atomic E-state index is 12.0. The van der Waals surface area contributed by atoms with E-state index in [-0.39, 0.29) is 35.7 Å². The summed E-state index contributed by atoms with van der Waals surface area (Å²) in [6.45, 7) is 1.96. The Hall–Kier alpha value is -2.16. The topological polar surface area (TPSA) is 105 Å². The van der Waals surface area contributed by atoms with E-state index in [0.717, 1.165) is 11.3 Å². The van der Waals surface area contributed by atoms with Crippen molar-refractivity contribution in [3.63, 3.8) is 0 Å². The summed E-state index contributed by atoms with van der Waals surface area (Å²) in [5.74, 6) is 0.111. The number of hydrogen-bond donors (Lipinski definition) is 2. The monoisotopic (exact) mass is 337 g/mol. The quantitative estimate of drug-likeness (QED) is 0.856. The molecule has 3 rings (SSSR count). The minimum absolute atomic E-state index is 0.0870. The summed E-state index contributed by atoms with van der Waals surface area (Å²) in [4.78, 5) is 16.3. The second-order valence-corrected chi connectivity index (χ2v) is 8.11. The van der Waals surface area contributed by atoms with Crippen LogP contribution in [0.2, 0.25) is 0 Å².